The number of rotatable bonds is 5. The molecule has 1 unspecified atom stereocenters. The number of ether oxygens (including phenoxy) is 1. The third-order valence-electron chi connectivity index (χ3n) is 6.06. The average molecular weight is 447 g/mol. The lowest BCUT2D eigenvalue weighted by Crippen LogP contribution is -2.51. The van der Waals surface area contributed by atoms with Gasteiger partial charge in [-0.1, -0.05) is 18.2 Å². The first-order valence-electron chi connectivity index (χ1n) is 10.4. The van der Waals surface area contributed by atoms with Crippen LogP contribution in [-0.2, 0) is 22.2 Å². The minimum atomic E-state index is -4.39. The molecule has 9 heteroatoms. The monoisotopic (exact) mass is 447 g/mol. The number of likely N-dealkylation sites (tertiary alicyclic amines) is 1. The lowest BCUT2D eigenvalue weighted by Gasteiger charge is -2.39. The summed E-state index contributed by atoms with van der Waals surface area (Å²) in [6.07, 6.45) is -2.63. The maximum Gasteiger partial charge on any atom is 0.416 e. The van der Waals surface area contributed by atoms with Crippen LogP contribution in [0.1, 0.15) is 24.0 Å². The third-order valence-corrected chi connectivity index (χ3v) is 6.06. The Morgan fingerprint density at radius 2 is 1.84 bits per heavy atom. The molecule has 170 valence electrons. The van der Waals surface area contributed by atoms with E-state index >= 15 is 0 Å². The first-order valence-corrected chi connectivity index (χ1v) is 10.4. The number of fused-ring (bicyclic) bond motifs is 1. The summed E-state index contributed by atoms with van der Waals surface area (Å²) in [6, 6.07) is 10.4. The van der Waals surface area contributed by atoms with Crippen LogP contribution >= 0.6 is 0 Å². The molecule has 1 amide bonds. The molecule has 2 aliphatic rings. The second-order valence-corrected chi connectivity index (χ2v) is 7.97. The van der Waals surface area contributed by atoms with Crippen molar-refractivity contribution in [2.75, 3.05) is 30.4 Å². The molecule has 6 nitrogen and oxygen atoms in total. The molecule has 1 saturated heterocycles. The van der Waals surface area contributed by atoms with Crippen molar-refractivity contribution in [2.24, 2.45) is 0 Å². The van der Waals surface area contributed by atoms with Gasteiger partial charge in [-0.2, -0.15) is 13.2 Å². The number of carbonyl (C=O) groups excluding carboxylic acids is 2. The van der Waals surface area contributed by atoms with E-state index in [0.29, 0.717) is 37.2 Å². The highest BCUT2D eigenvalue weighted by atomic mass is 19.4. The topological polar surface area (TPSA) is 61.9 Å². The summed E-state index contributed by atoms with van der Waals surface area (Å²) < 4.78 is 43.6. The Hall–Kier alpha value is -3.23. The van der Waals surface area contributed by atoms with Gasteiger partial charge in [0.2, 0.25) is 5.91 Å². The molecular weight excluding hydrogens is 423 g/mol. The van der Waals surface area contributed by atoms with Gasteiger partial charge in [0.25, 0.3) is 0 Å². The van der Waals surface area contributed by atoms with Gasteiger partial charge in [0.15, 0.2) is 12.5 Å². The van der Waals surface area contributed by atoms with Crippen molar-refractivity contribution in [1.82, 2.24) is 4.90 Å². The molecular formula is C23H24F3N3O3. The Kier molecular flexibility index (Phi) is 5.99. The molecule has 0 aliphatic carbocycles. The molecule has 2 aliphatic heterocycles. The summed E-state index contributed by atoms with van der Waals surface area (Å²) in [5.41, 5.74) is 1.51. The van der Waals surface area contributed by atoms with E-state index in [1.165, 1.54) is 12.1 Å². The lowest BCUT2D eigenvalue weighted by molar-refractivity contribution is -0.137. The van der Waals surface area contributed by atoms with Crippen molar-refractivity contribution in [2.45, 2.75) is 37.6 Å². The fraction of sp³-hybridized carbons (Fsp3) is 0.391. The van der Waals surface area contributed by atoms with Gasteiger partial charge in [-0.15, -0.1) is 0 Å². The van der Waals surface area contributed by atoms with Crippen molar-refractivity contribution < 1.29 is 27.5 Å². The van der Waals surface area contributed by atoms with Crippen LogP contribution in [0.25, 0.3) is 0 Å². The van der Waals surface area contributed by atoms with E-state index in [1.807, 2.05) is 23.1 Å². The zero-order valence-corrected chi connectivity index (χ0v) is 17.6. The molecule has 0 aromatic heterocycles. The SMILES string of the molecule is COc1cccc2c1N(C1CCN(C(=O)Cc3ccc(C(F)(F)F)cc3)CC1)C(C=O)N2. The van der Waals surface area contributed by atoms with Gasteiger partial charge in [0.1, 0.15) is 11.4 Å². The molecule has 4 rings (SSSR count). The summed E-state index contributed by atoms with van der Waals surface area (Å²) >= 11 is 0. The summed E-state index contributed by atoms with van der Waals surface area (Å²) in [6.45, 7) is 1.02. The van der Waals surface area contributed by atoms with E-state index in [4.69, 9.17) is 4.74 Å². The van der Waals surface area contributed by atoms with Crippen molar-refractivity contribution >= 4 is 23.6 Å². The Bertz CT molecular complexity index is 986. The van der Waals surface area contributed by atoms with E-state index in [0.717, 1.165) is 29.8 Å². The maximum absolute atomic E-state index is 12.7. The highest BCUT2D eigenvalue weighted by Crippen LogP contribution is 2.44. The highest BCUT2D eigenvalue weighted by Gasteiger charge is 2.38. The molecule has 0 radical (unpaired) electrons. The molecule has 0 saturated carbocycles. The van der Waals surface area contributed by atoms with E-state index in [2.05, 4.69) is 5.32 Å². The molecule has 2 aromatic rings. The number of nitrogens with zero attached hydrogens (tertiary/aromatic N) is 2. The normalized spacial score (nSPS) is 18.8. The lowest BCUT2D eigenvalue weighted by atomic mass is 10.0. The van der Waals surface area contributed by atoms with Crippen molar-refractivity contribution in [3.05, 3.63) is 53.6 Å². The van der Waals surface area contributed by atoms with Crippen LogP contribution < -0.4 is 15.0 Å². The minimum absolute atomic E-state index is 0.0466. The van der Waals surface area contributed by atoms with Gasteiger partial charge in [0, 0.05) is 19.1 Å². The number of amides is 1. The first-order chi connectivity index (χ1) is 15.3. The number of anilines is 2. The molecule has 1 fully saturated rings. The van der Waals surface area contributed by atoms with Crippen molar-refractivity contribution in [3.8, 4) is 5.75 Å². The largest absolute Gasteiger partial charge is 0.495 e. The summed E-state index contributed by atoms with van der Waals surface area (Å²) in [5, 5.41) is 3.21. The number of halogens is 3. The predicted octanol–water partition coefficient (Wildman–Crippen LogP) is 3.70. The van der Waals surface area contributed by atoms with Gasteiger partial charge in [-0.3, -0.25) is 9.59 Å². The van der Waals surface area contributed by atoms with Gasteiger partial charge in [-0.25, -0.2) is 0 Å². The number of benzene rings is 2. The Morgan fingerprint density at radius 1 is 1.16 bits per heavy atom. The van der Waals surface area contributed by atoms with Crippen LogP contribution in [0.15, 0.2) is 42.5 Å². The number of hydrogen-bond acceptors (Lipinski definition) is 5. The fourth-order valence-corrected chi connectivity index (χ4v) is 4.44. The van der Waals surface area contributed by atoms with Gasteiger partial charge >= 0.3 is 6.18 Å². The summed E-state index contributed by atoms with van der Waals surface area (Å²) in [4.78, 5) is 28.2. The molecule has 1 atom stereocenters. The standard InChI is InChI=1S/C23H24F3N3O3/c1-32-19-4-2-3-18-22(19)29(20(14-30)27-18)17-9-11-28(12-10-17)21(31)13-15-5-7-16(8-6-15)23(24,25)26/h2-8,14,17,20,27H,9-13H2,1H3. The number of aldehydes is 1. The van der Waals surface area contributed by atoms with Crippen molar-refractivity contribution in [3.63, 3.8) is 0 Å². The Labute approximate surface area is 183 Å². The van der Waals surface area contributed by atoms with Gasteiger partial charge < -0.3 is 19.9 Å². The molecule has 1 N–H and O–H groups in total. The highest BCUT2D eigenvalue weighted by molar-refractivity contribution is 5.88. The molecule has 0 spiro atoms. The second kappa shape index (κ2) is 8.72. The van der Waals surface area contributed by atoms with Crippen LogP contribution in [0.2, 0.25) is 0 Å². The Balaban J connectivity index is 1.40. The Morgan fingerprint density at radius 3 is 2.44 bits per heavy atom. The van der Waals surface area contributed by atoms with Gasteiger partial charge in [-0.05, 0) is 42.7 Å². The molecule has 0 bridgehead atoms. The minimum Gasteiger partial charge on any atom is -0.495 e. The van der Waals surface area contributed by atoms with Crippen LogP contribution in [0.5, 0.6) is 5.75 Å². The fourth-order valence-electron chi connectivity index (χ4n) is 4.44. The zero-order valence-electron chi connectivity index (χ0n) is 17.6. The van der Waals surface area contributed by atoms with Gasteiger partial charge in [0.05, 0.1) is 24.8 Å². The number of para-hydroxylation sites is 1. The number of piperidine rings is 1. The zero-order chi connectivity index (χ0) is 22.9. The number of nitrogens with one attached hydrogen (secondary N) is 1. The van der Waals surface area contributed by atoms with E-state index in [9.17, 15) is 22.8 Å². The number of alkyl halides is 3. The van der Waals surface area contributed by atoms with Crippen molar-refractivity contribution in [1.29, 1.82) is 0 Å². The van der Waals surface area contributed by atoms with Crippen LogP contribution in [-0.4, -0.2) is 49.5 Å². The number of methoxy groups -OCH3 is 1. The second-order valence-electron chi connectivity index (χ2n) is 7.97. The molecule has 32 heavy (non-hydrogen) atoms. The number of carbonyl (C=O) groups is 2. The maximum atomic E-state index is 12.7. The summed E-state index contributed by atoms with van der Waals surface area (Å²) in [5.74, 6) is 0.563. The summed E-state index contributed by atoms with van der Waals surface area (Å²) in [7, 11) is 1.59. The smallest absolute Gasteiger partial charge is 0.416 e. The predicted molar refractivity (Wildman–Crippen MR) is 114 cm³/mol. The van der Waals surface area contributed by atoms with Crippen LogP contribution in [0.4, 0.5) is 24.5 Å². The average Bonchev–Trinajstić information content (AvgIpc) is 3.18. The molecule has 2 heterocycles. The molecule has 2 aromatic carbocycles. The van der Waals surface area contributed by atoms with Crippen LogP contribution in [0.3, 0.4) is 0 Å². The van der Waals surface area contributed by atoms with E-state index in [1.54, 1.807) is 12.0 Å². The quantitative estimate of drug-likeness (QED) is 0.709. The number of hydrogen-bond donors (Lipinski definition) is 1. The van der Waals surface area contributed by atoms with Crippen LogP contribution in [0, 0.1) is 0 Å². The van der Waals surface area contributed by atoms with E-state index < -0.39 is 17.9 Å². The van der Waals surface area contributed by atoms with E-state index in [-0.39, 0.29) is 18.4 Å². The first kappa shape index (κ1) is 22.0. The third kappa shape index (κ3) is 4.24.